The van der Waals surface area contributed by atoms with Crippen LogP contribution in [0.25, 0.3) is 0 Å². The zero-order valence-electron chi connectivity index (χ0n) is 8.32. The van der Waals surface area contributed by atoms with E-state index >= 15 is 0 Å². The third kappa shape index (κ3) is 1.74. The van der Waals surface area contributed by atoms with E-state index in [0.717, 1.165) is 5.76 Å². The fraction of sp³-hybridized carbons (Fsp3) is 0.200. The number of ketones is 1. The molecule has 0 aliphatic carbocycles. The number of aryl methyl sites for hydroxylation is 2. The van der Waals surface area contributed by atoms with Crippen molar-refractivity contribution in [2.45, 2.75) is 6.92 Å². The fourth-order valence-electron chi connectivity index (χ4n) is 1.37. The second-order valence-electron chi connectivity index (χ2n) is 3.24. The van der Waals surface area contributed by atoms with Gasteiger partial charge in [0.1, 0.15) is 17.7 Å². The van der Waals surface area contributed by atoms with Crippen LogP contribution in [0.5, 0.6) is 0 Å². The van der Waals surface area contributed by atoms with Crippen molar-refractivity contribution in [3.05, 3.63) is 40.0 Å². The van der Waals surface area contributed by atoms with Crippen LogP contribution in [0, 0.1) is 6.92 Å². The highest BCUT2D eigenvalue weighted by Crippen LogP contribution is 2.20. The number of carbonyl (C=O) groups excluding carboxylic acids is 1. The third-order valence-electron chi connectivity index (χ3n) is 2.10. The molecule has 2 aromatic rings. The molecule has 0 aromatic carbocycles. The molecule has 0 atom stereocenters. The molecule has 5 heteroatoms. The van der Waals surface area contributed by atoms with Crippen LogP contribution in [0.2, 0.25) is 0 Å². The normalized spacial score (nSPS) is 10.6. The van der Waals surface area contributed by atoms with Crippen molar-refractivity contribution in [3.8, 4) is 0 Å². The summed E-state index contributed by atoms with van der Waals surface area (Å²) in [4.78, 5) is 12.0. The van der Waals surface area contributed by atoms with E-state index in [4.69, 9.17) is 4.42 Å². The van der Waals surface area contributed by atoms with E-state index in [-0.39, 0.29) is 5.78 Å². The van der Waals surface area contributed by atoms with Crippen molar-refractivity contribution in [1.82, 2.24) is 9.78 Å². The maximum absolute atomic E-state index is 12.0. The van der Waals surface area contributed by atoms with Gasteiger partial charge in [0.25, 0.3) is 0 Å². The molecule has 0 N–H and O–H groups in total. The molecule has 2 heterocycles. The molecule has 0 saturated heterocycles. The maximum atomic E-state index is 12.0. The van der Waals surface area contributed by atoms with Gasteiger partial charge in [0.15, 0.2) is 0 Å². The minimum Gasteiger partial charge on any atom is -0.469 e. The molecule has 15 heavy (non-hydrogen) atoms. The number of halogens is 1. The zero-order chi connectivity index (χ0) is 11.0. The number of hydrogen-bond donors (Lipinski definition) is 0. The lowest BCUT2D eigenvalue weighted by molar-refractivity contribution is 0.102. The highest BCUT2D eigenvalue weighted by Gasteiger charge is 2.18. The summed E-state index contributed by atoms with van der Waals surface area (Å²) in [6.07, 6.45) is 3.05. The summed E-state index contributed by atoms with van der Waals surface area (Å²) < 4.78 is 7.32. The Bertz CT molecular complexity index is 494. The highest BCUT2D eigenvalue weighted by molar-refractivity contribution is 9.10. The molecule has 78 valence electrons. The topological polar surface area (TPSA) is 48.0 Å². The average Bonchev–Trinajstić information content (AvgIpc) is 2.73. The second kappa shape index (κ2) is 3.66. The molecule has 0 spiro atoms. The number of aromatic nitrogens is 2. The lowest BCUT2D eigenvalue weighted by Gasteiger charge is -1.98. The van der Waals surface area contributed by atoms with Crippen LogP contribution in [0.3, 0.4) is 0 Å². The highest BCUT2D eigenvalue weighted by atomic mass is 79.9. The van der Waals surface area contributed by atoms with E-state index < -0.39 is 0 Å². The zero-order valence-corrected chi connectivity index (χ0v) is 9.91. The smallest absolute Gasteiger partial charge is 0.215 e. The first kappa shape index (κ1) is 10.2. The number of hydrogen-bond acceptors (Lipinski definition) is 3. The Morgan fingerprint density at radius 1 is 1.60 bits per heavy atom. The summed E-state index contributed by atoms with van der Waals surface area (Å²) in [6, 6.07) is 1.71. The lowest BCUT2D eigenvalue weighted by atomic mass is 10.1. The van der Waals surface area contributed by atoms with E-state index in [1.165, 1.54) is 10.9 Å². The van der Waals surface area contributed by atoms with Gasteiger partial charge >= 0.3 is 0 Å². The van der Waals surface area contributed by atoms with Crippen molar-refractivity contribution >= 4 is 21.7 Å². The molecule has 0 fully saturated rings. The average molecular weight is 269 g/mol. The predicted octanol–water partition coefficient (Wildman–Crippen LogP) is 2.32. The van der Waals surface area contributed by atoms with Gasteiger partial charge in [-0.05, 0) is 28.9 Å². The van der Waals surface area contributed by atoms with Crippen molar-refractivity contribution in [2.24, 2.45) is 7.05 Å². The Morgan fingerprint density at radius 2 is 2.33 bits per heavy atom. The van der Waals surface area contributed by atoms with Crippen molar-refractivity contribution in [1.29, 1.82) is 0 Å². The van der Waals surface area contributed by atoms with Gasteiger partial charge in [-0.1, -0.05) is 0 Å². The van der Waals surface area contributed by atoms with Gasteiger partial charge < -0.3 is 4.42 Å². The summed E-state index contributed by atoms with van der Waals surface area (Å²) >= 11 is 3.29. The Balaban J connectivity index is 2.45. The molecule has 0 saturated carbocycles. The summed E-state index contributed by atoms with van der Waals surface area (Å²) in [5.74, 6) is 0.621. The third-order valence-corrected chi connectivity index (χ3v) is 2.68. The van der Waals surface area contributed by atoms with E-state index in [1.807, 2.05) is 0 Å². The van der Waals surface area contributed by atoms with Crippen LogP contribution >= 0.6 is 15.9 Å². The molecule has 0 amide bonds. The molecule has 0 bridgehead atoms. The second-order valence-corrected chi connectivity index (χ2v) is 4.09. The van der Waals surface area contributed by atoms with Crippen molar-refractivity contribution < 1.29 is 9.21 Å². The summed E-state index contributed by atoms with van der Waals surface area (Å²) in [5.41, 5.74) is 1.06. The quantitative estimate of drug-likeness (QED) is 0.786. The van der Waals surface area contributed by atoms with E-state index in [1.54, 1.807) is 26.2 Å². The van der Waals surface area contributed by atoms with Gasteiger partial charge in [0, 0.05) is 7.05 Å². The maximum Gasteiger partial charge on any atom is 0.215 e. The lowest BCUT2D eigenvalue weighted by Crippen LogP contribution is -2.07. The van der Waals surface area contributed by atoms with Gasteiger partial charge in [-0.25, -0.2) is 0 Å². The minimum atomic E-state index is -0.0984. The SMILES string of the molecule is Cc1cc(C(=O)c2c(Br)cnn2C)co1. The molecule has 2 rings (SSSR count). The minimum absolute atomic E-state index is 0.0984. The van der Waals surface area contributed by atoms with Crippen LogP contribution in [-0.2, 0) is 7.05 Å². The molecular weight excluding hydrogens is 260 g/mol. The molecule has 0 aliphatic heterocycles. The molecule has 4 nitrogen and oxygen atoms in total. The fourth-order valence-corrected chi connectivity index (χ4v) is 1.89. The number of furan rings is 1. The Hall–Kier alpha value is -1.36. The molecule has 0 aliphatic rings. The van der Waals surface area contributed by atoms with Crippen LogP contribution in [0.4, 0.5) is 0 Å². The first-order valence-corrected chi connectivity index (χ1v) is 5.16. The Kier molecular flexibility index (Phi) is 2.48. The van der Waals surface area contributed by atoms with E-state index in [0.29, 0.717) is 15.7 Å². The monoisotopic (exact) mass is 268 g/mol. The van der Waals surface area contributed by atoms with Gasteiger partial charge in [-0.15, -0.1) is 0 Å². The number of nitrogens with zero attached hydrogens (tertiary/aromatic N) is 2. The standard InChI is InChI=1S/C10H9BrN2O2/c1-6-3-7(5-15-6)10(14)9-8(11)4-12-13(9)2/h3-5H,1-2H3. The van der Waals surface area contributed by atoms with Crippen molar-refractivity contribution in [3.63, 3.8) is 0 Å². The van der Waals surface area contributed by atoms with Crippen molar-refractivity contribution in [2.75, 3.05) is 0 Å². The Morgan fingerprint density at radius 3 is 2.80 bits per heavy atom. The van der Waals surface area contributed by atoms with Crippen LogP contribution in [-0.4, -0.2) is 15.6 Å². The van der Waals surface area contributed by atoms with Gasteiger partial charge in [-0.2, -0.15) is 5.10 Å². The van der Waals surface area contributed by atoms with E-state index in [2.05, 4.69) is 21.0 Å². The first-order valence-electron chi connectivity index (χ1n) is 4.37. The van der Waals surface area contributed by atoms with Crippen LogP contribution in [0.1, 0.15) is 21.8 Å². The molecule has 0 unspecified atom stereocenters. The van der Waals surface area contributed by atoms with E-state index in [9.17, 15) is 4.79 Å². The van der Waals surface area contributed by atoms with Crippen LogP contribution in [0.15, 0.2) is 27.4 Å². The number of rotatable bonds is 2. The summed E-state index contributed by atoms with van der Waals surface area (Å²) in [7, 11) is 1.73. The first-order chi connectivity index (χ1) is 7.09. The van der Waals surface area contributed by atoms with Crippen LogP contribution < -0.4 is 0 Å². The summed E-state index contributed by atoms with van der Waals surface area (Å²) in [6.45, 7) is 1.80. The van der Waals surface area contributed by atoms with Gasteiger partial charge in [0.05, 0.1) is 16.2 Å². The van der Waals surface area contributed by atoms with Gasteiger partial charge in [-0.3, -0.25) is 9.48 Å². The molecule has 2 aromatic heterocycles. The number of carbonyl (C=O) groups is 1. The molecule has 0 radical (unpaired) electrons. The molecular formula is C10H9BrN2O2. The predicted molar refractivity (Wildman–Crippen MR) is 57.8 cm³/mol. The van der Waals surface area contributed by atoms with Gasteiger partial charge in [0.2, 0.25) is 5.78 Å². The largest absolute Gasteiger partial charge is 0.469 e. The summed E-state index contributed by atoms with van der Waals surface area (Å²) in [5, 5.41) is 3.99. The Labute approximate surface area is 95.0 Å².